The van der Waals surface area contributed by atoms with Crippen molar-refractivity contribution in [3.05, 3.63) is 35.9 Å². The van der Waals surface area contributed by atoms with Gasteiger partial charge in [0.15, 0.2) is 0 Å². The van der Waals surface area contributed by atoms with Gasteiger partial charge in [0.05, 0.1) is 12.0 Å². The number of hydrogen-bond donors (Lipinski definition) is 1. The van der Waals surface area contributed by atoms with Crippen molar-refractivity contribution >= 4 is 5.97 Å². The van der Waals surface area contributed by atoms with Gasteiger partial charge < -0.3 is 14.8 Å². The first-order valence-electron chi connectivity index (χ1n) is 7.22. The average molecular weight is 277 g/mol. The minimum atomic E-state index is -0.159. The molecular weight excluding hydrogens is 254 g/mol. The molecule has 4 nitrogen and oxygen atoms in total. The molecule has 110 valence electrons. The number of ether oxygens (including phenoxy) is 2. The van der Waals surface area contributed by atoms with Crippen molar-refractivity contribution in [1.29, 1.82) is 0 Å². The second-order valence-corrected chi connectivity index (χ2v) is 5.37. The molecule has 0 aromatic heterocycles. The Labute approximate surface area is 120 Å². The Balaban J connectivity index is 1.69. The van der Waals surface area contributed by atoms with Crippen LogP contribution < -0.4 is 5.32 Å². The fourth-order valence-electron chi connectivity index (χ4n) is 2.28. The number of esters is 1. The van der Waals surface area contributed by atoms with Gasteiger partial charge in [0.25, 0.3) is 0 Å². The van der Waals surface area contributed by atoms with Crippen LogP contribution in [0, 0.1) is 5.92 Å². The highest BCUT2D eigenvalue weighted by atomic mass is 16.5. The molecule has 1 saturated heterocycles. The molecule has 1 fully saturated rings. The number of hydrogen-bond acceptors (Lipinski definition) is 4. The summed E-state index contributed by atoms with van der Waals surface area (Å²) in [6.45, 7) is 5.72. The molecule has 4 heteroatoms. The average Bonchev–Trinajstić information content (AvgIpc) is 2.88. The summed E-state index contributed by atoms with van der Waals surface area (Å²) in [5.41, 5.74) is 1.01. The highest BCUT2D eigenvalue weighted by Gasteiger charge is 2.25. The normalized spacial score (nSPS) is 23.5. The fraction of sp³-hybridized carbons (Fsp3) is 0.562. The highest BCUT2D eigenvalue weighted by molar-refractivity contribution is 5.72. The predicted octanol–water partition coefficient (Wildman–Crippen LogP) is 2.13. The van der Waals surface area contributed by atoms with Crippen molar-refractivity contribution in [2.24, 2.45) is 5.92 Å². The van der Waals surface area contributed by atoms with Crippen molar-refractivity contribution in [1.82, 2.24) is 5.32 Å². The standard InChI is InChI=1S/C16H23NO3/c1-12(10-17-15-8-9-19-13(15)2)16(18)20-11-14-6-4-3-5-7-14/h3-7,12-13,15,17H,8-11H2,1-2H3. The lowest BCUT2D eigenvalue weighted by molar-refractivity contribution is -0.149. The van der Waals surface area contributed by atoms with Crippen molar-refractivity contribution < 1.29 is 14.3 Å². The summed E-state index contributed by atoms with van der Waals surface area (Å²) < 4.78 is 10.8. The first-order chi connectivity index (χ1) is 9.66. The van der Waals surface area contributed by atoms with Crippen LogP contribution in [-0.4, -0.2) is 31.3 Å². The predicted molar refractivity (Wildman–Crippen MR) is 77.2 cm³/mol. The summed E-state index contributed by atoms with van der Waals surface area (Å²) in [5.74, 6) is -0.306. The Morgan fingerprint density at radius 2 is 2.20 bits per heavy atom. The second kappa shape index (κ2) is 7.41. The van der Waals surface area contributed by atoms with Crippen LogP contribution in [0.1, 0.15) is 25.8 Å². The van der Waals surface area contributed by atoms with E-state index in [0.717, 1.165) is 18.6 Å². The van der Waals surface area contributed by atoms with Crippen LogP contribution in [-0.2, 0) is 20.9 Å². The van der Waals surface area contributed by atoms with E-state index in [4.69, 9.17) is 9.47 Å². The van der Waals surface area contributed by atoms with E-state index in [1.165, 1.54) is 0 Å². The Hall–Kier alpha value is -1.39. The first kappa shape index (κ1) is 15.0. The van der Waals surface area contributed by atoms with Crippen molar-refractivity contribution in [2.45, 2.75) is 39.0 Å². The van der Waals surface area contributed by atoms with Gasteiger partial charge in [-0.3, -0.25) is 4.79 Å². The summed E-state index contributed by atoms with van der Waals surface area (Å²) in [4.78, 5) is 11.9. The van der Waals surface area contributed by atoms with E-state index >= 15 is 0 Å². The summed E-state index contributed by atoms with van der Waals surface area (Å²) in [5, 5.41) is 3.38. The third-order valence-corrected chi connectivity index (χ3v) is 3.69. The van der Waals surface area contributed by atoms with Gasteiger partial charge in [-0.05, 0) is 18.9 Å². The third-order valence-electron chi connectivity index (χ3n) is 3.69. The van der Waals surface area contributed by atoms with E-state index in [1.54, 1.807) is 0 Å². The molecular formula is C16H23NO3. The zero-order valence-corrected chi connectivity index (χ0v) is 12.2. The SMILES string of the molecule is CC(CNC1CCOC1C)C(=O)OCc1ccccc1. The molecule has 1 aromatic carbocycles. The molecule has 1 aromatic rings. The molecule has 0 amide bonds. The molecule has 2 rings (SSSR count). The molecule has 1 heterocycles. The maximum absolute atomic E-state index is 11.9. The van der Waals surface area contributed by atoms with Crippen LogP contribution in [0.4, 0.5) is 0 Å². The molecule has 0 spiro atoms. The largest absolute Gasteiger partial charge is 0.461 e. The van der Waals surface area contributed by atoms with Crippen molar-refractivity contribution in [3.63, 3.8) is 0 Å². The Kier molecular flexibility index (Phi) is 5.56. The maximum Gasteiger partial charge on any atom is 0.310 e. The number of carbonyl (C=O) groups excluding carboxylic acids is 1. The number of carbonyl (C=O) groups is 1. The molecule has 0 aliphatic carbocycles. The minimum absolute atomic E-state index is 0.147. The van der Waals surface area contributed by atoms with Gasteiger partial charge in [-0.2, -0.15) is 0 Å². The van der Waals surface area contributed by atoms with Gasteiger partial charge in [-0.15, -0.1) is 0 Å². The van der Waals surface area contributed by atoms with E-state index in [9.17, 15) is 4.79 Å². The van der Waals surface area contributed by atoms with Crippen LogP contribution in [0.2, 0.25) is 0 Å². The maximum atomic E-state index is 11.9. The highest BCUT2D eigenvalue weighted by Crippen LogP contribution is 2.13. The molecule has 3 atom stereocenters. The molecule has 3 unspecified atom stereocenters. The summed E-state index contributed by atoms with van der Waals surface area (Å²) in [6, 6.07) is 10.1. The van der Waals surface area contributed by atoms with Crippen LogP contribution in [0.25, 0.3) is 0 Å². The van der Waals surface area contributed by atoms with E-state index in [0.29, 0.717) is 19.2 Å². The van der Waals surface area contributed by atoms with Gasteiger partial charge in [0.1, 0.15) is 6.61 Å². The van der Waals surface area contributed by atoms with Crippen LogP contribution in [0.5, 0.6) is 0 Å². The van der Waals surface area contributed by atoms with Crippen molar-refractivity contribution in [2.75, 3.05) is 13.2 Å². The Bertz CT molecular complexity index is 421. The smallest absolute Gasteiger partial charge is 0.310 e. The summed E-state index contributed by atoms with van der Waals surface area (Å²) >= 11 is 0. The number of nitrogens with one attached hydrogen (secondary N) is 1. The molecule has 20 heavy (non-hydrogen) atoms. The fourth-order valence-corrected chi connectivity index (χ4v) is 2.28. The second-order valence-electron chi connectivity index (χ2n) is 5.37. The zero-order chi connectivity index (χ0) is 14.4. The van der Waals surface area contributed by atoms with E-state index in [1.807, 2.05) is 37.3 Å². The molecule has 0 bridgehead atoms. The summed E-state index contributed by atoms with van der Waals surface area (Å²) in [7, 11) is 0. The van der Waals surface area contributed by atoms with Crippen molar-refractivity contribution in [3.8, 4) is 0 Å². The lowest BCUT2D eigenvalue weighted by Crippen LogP contribution is -2.39. The molecule has 1 N–H and O–H groups in total. The molecule has 0 radical (unpaired) electrons. The van der Waals surface area contributed by atoms with E-state index < -0.39 is 0 Å². The zero-order valence-electron chi connectivity index (χ0n) is 12.2. The molecule has 0 saturated carbocycles. The van der Waals surface area contributed by atoms with Crippen LogP contribution in [0.3, 0.4) is 0 Å². The lowest BCUT2D eigenvalue weighted by Gasteiger charge is -2.18. The number of rotatable bonds is 6. The first-order valence-corrected chi connectivity index (χ1v) is 7.22. The Morgan fingerprint density at radius 1 is 1.45 bits per heavy atom. The van der Waals surface area contributed by atoms with E-state index in [-0.39, 0.29) is 18.0 Å². The van der Waals surface area contributed by atoms with Crippen LogP contribution in [0.15, 0.2) is 30.3 Å². The van der Waals surface area contributed by atoms with Gasteiger partial charge >= 0.3 is 5.97 Å². The molecule has 1 aliphatic heterocycles. The third kappa shape index (κ3) is 4.32. The van der Waals surface area contributed by atoms with Gasteiger partial charge in [-0.25, -0.2) is 0 Å². The topological polar surface area (TPSA) is 47.6 Å². The van der Waals surface area contributed by atoms with E-state index in [2.05, 4.69) is 12.2 Å². The minimum Gasteiger partial charge on any atom is -0.461 e. The van der Waals surface area contributed by atoms with Gasteiger partial charge in [0.2, 0.25) is 0 Å². The van der Waals surface area contributed by atoms with Gasteiger partial charge in [-0.1, -0.05) is 37.3 Å². The lowest BCUT2D eigenvalue weighted by atomic mass is 10.1. The summed E-state index contributed by atoms with van der Waals surface area (Å²) in [6.07, 6.45) is 1.23. The Morgan fingerprint density at radius 3 is 2.85 bits per heavy atom. The monoisotopic (exact) mass is 277 g/mol. The quantitative estimate of drug-likeness (QED) is 0.809. The van der Waals surface area contributed by atoms with Gasteiger partial charge in [0, 0.05) is 19.2 Å². The van der Waals surface area contributed by atoms with Crippen LogP contribution >= 0.6 is 0 Å². The number of benzene rings is 1. The molecule has 1 aliphatic rings.